The summed E-state index contributed by atoms with van der Waals surface area (Å²) < 4.78 is 49.9. The first-order chi connectivity index (χ1) is 11.2. The van der Waals surface area contributed by atoms with Crippen molar-refractivity contribution >= 4 is 20.0 Å². The van der Waals surface area contributed by atoms with Crippen molar-refractivity contribution in [3.05, 3.63) is 59.2 Å². The molecule has 0 spiro atoms. The van der Waals surface area contributed by atoms with E-state index in [0.29, 0.717) is 18.5 Å². The number of primary sulfonamides is 1. The van der Waals surface area contributed by atoms with E-state index < -0.39 is 20.0 Å². The minimum Gasteiger partial charge on any atom is -0.225 e. The van der Waals surface area contributed by atoms with E-state index in [4.69, 9.17) is 5.14 Å². The molecule has 0 saturated heterocycles. The van der Waals surface area contributed by atoms with Crippen LogP contribution in [-0.2, 0) is 33.0 Å². The number of aryl methyl sites for hydroxylation is 1. The second-order valence-corrected chi connectivity index (χ2v) is 9.38. The third kappa shape index (κ3) is 3.23. The van der Waals surface area contributed by atoms with Crippen molar-refractivity contribution in [2.75, 3.05) is 6.54 Å². The van der Waals surface area contributed by atoms with Gasteiger partial charge in [0.1, 0.15) is 0 Å². The van der Waals surface area contributed by atoms with Crippen LogP contribution in [0.5, 0.6) is 0 Å². The van der Waals surface area contributed by atoms with Gasteiger partial charge in [-0.15, -0.1) is 0 Å². The van der Waals surface area contributed by atoms with Crippen molar-refractivity contribution in [1.29, 1.82) is 0 Å². The Kier molecular flexibility index (Phi) is 4.25. The van der Waals surface area contributed by atoms with Crippen molar-refractivity contribution in [3.8, 4) is 0 Å². The summed E-state index contributed by atoms with van der Waals surface area (Å²) >= 11 is 0. The summed E-state index contributed by atoms with van der Waals surface area (Å²) in [4.78, 5) is 0.231. The van der Waals surface area contributed by atoms with Gasteiger partial charge in [-0.25, -0.2) is 22.0 Å². The van der Waals surface area contributed by atoms with Gasteiger partial charge in [-0.05, 0) is 48.7 Å². The molecule has 0 atom stereocenters. The van der Waals surface area contributed by atoms with Crippen LogP contribution in [0.2, 0.25) is 0 Å². The van der Waals surface area contributed by atoms with Crippen molar-refractivity contribution in [2.45, 2.75) is 29.7 Å². The highest BCUT2D eigenvalue weighted by Crippen LogP contribution is 2.26. The first-order valence-corrected chi connectivity index (χ1v) is 10.4. The van der Waals surface area contributed by atoms with E-state index in [0.717, 1.165) is 11.1 Å². The highest BCUT2D eigenvalue weighted by Gasteiger charge is 2.28. The molecule has 0 bridgehead atoms. The van der Waals surface area contributed by atoms with E-state index in [2.05, 4.69) is 0 Å². The standard InChI is InChI=1S/C16H18N2O4S2/c1-12-2-5-15(6-3-12)24(21,22)18-9-8-13-4-7-16(23(17,19)20)10-14(13)11-18/h2-7,10H,8-9,11H2,1H3,(H2,17,19,20). The van der Waals surface area contributed by atoms with Gasteiger partial charge in [-0.3, -0.25) is 0 Å². The molecule has 0 aromatic heterocycles. The number of benzene rings is 2. The molecule has 0 radical (unpaired) electrons. The normalized spacial score (nSPS) is 15.9. The van der Waals surface area contributed by atoms with Crippen LogP contribution < -0.4 is 5.14 Å². The molecule has 6 nitrogen and oxygen atoms in total. The molecule has 8 heteroatoms. The Hall–Kier alpha value is -1.74. The Morgan fingerprint density at radius 1 is 0.917 bits per heavy atom. The number of hydrogen-bond acceptors (Lipinski definition) is 4. The van der Waals surface area contributed by atoms with Gasteiger partial charge in [0.05, 0.1) is 9.79 Å². The molecule has 1 aliphatic heterocycles. The summed E-state index contributed by atoms with van der Waals surface area (Å²) in [6.45, 7) is 2.38. The smallest absolute Gasteiger partial charge is 0.225 e. The van der Waals surface area contributed by atoms with E-state index in [1.165, 1.54) is 16.4 Å². The lowest BCUT2D eigenvalue weighted by molar-refractivity contribution is 0.391. The maximum atomic E-state index is 12.8. The quantitative estimate of drug-likeness (QED) is 0.887. The second kappa shape index (κ2) is 5.96. The fourth-order valence-electron chi connectivity index (χ4n) is 2.75. The molecular weight excluding hydrogens is 348 g/mol. The zero-order valence-electron chi connectivity index (χ0n) is 13.1. The number of fused-ring (bicyclic) bond motifs is 1. The van der Waals surface area contributed by atoms with Gasteiger partial charge in [0.2, 0.25) is 20.0 Å². The SMILES string of the molecule is Cc1ccc(S(=O)(=O)N2CCc3ccc(S(N)(=O)=O)cc3C2)cc1. The number of nitrogens with zero attached hydrogens (tertiary/aromatic N) is 1. The van der Waals surface area contributed by atoms with Crippen LogP contribution in [0.4, 0.5) is 0 Å². The molecule has 2 N–H and O–H groups in total. The van der Waals surface area contributed by atoms with Crippen LogP contribution in [0.3, 0.4) is 0 Å². The van der Waals surface area contributed by atoms with Crippen LogP contribution in [0.25, 0.3) is 0 Å². The lowest BCUT2D eigenvalue weighted by Crippen LogP contribution is -2.36. The van der Waals surface area contributed by atoms with E-state index in [9.17, 15) is 16.8 Å². The van der Waals surface area contributed by atoms with Gasteiger partial charge >= 0.3 is 0 Å². The lowest BCUT2D eigenvalue weighted by Gasteiger charge is -2.28. The highest BCUT2D eigenvalue weighted by molar-refractivity contribution is 7.89. The molecule has 128 valence electrons. The van der Waals surface area contributed by atoms with Crippen molar-refractivity contribution in [1.82, 2.24) is 4.31 Å². The Bertz CT molecular complexity index is 981. The molecule has 2 aromatic carbocycles. The van der Waals surface area contributed by atoms with Crippen LogP contribution in [0.15, 0.2) is 52.3 Å². The monoisotopic (exact) mass is 366 g/mol. The van der Waals surface area contributed by atoms with Crippen molar-refractivity contribution < 1.29 is 16.8 Å². The van der Waals surface area contributed by atoms with Crippen molar-refractivity contribution in [3.63, 3.8) is 0 Å². The van der Waals surface area contributed by atoms with E-state index in [-0.39, 0.29) is 16.3 Å². The van der Waals surface area contributed by atoms with Gasteiger partial charge in [-0.2, -0.15) is 4.31 Å². The van der Waals surface area contributed by atoms with Crippen LogP contribution >= 0.6 is 0 Å². The molecule has 1 aliphatic rings. The molecule has 2 aromatic rings. The van der Waals surface area contributed by atoms with E-state index in [1.807, 2.05) is 6.92 Å². The third-order valence-corrected chi connectivity index (χ3v) is 6.91. The zero-order chi connectivity index (χ0) is 17.5. The molecule has 0 fully saturated rings. The minimum atomic E-state index is -3.81. The minimum absolute atomic E-state index is 0.00386. The fourth-order valence-corrected chi connectivity index (χ4v) is 4.73. The lowest BCUT2D eigenvalue weighted by atomic mass is 10.0. The molecule has 0 saturated carbocycles. The van der Waals surface area contributed by atoms with Gasteiger partial charge in [0, 0.05) is 13.1 Å². The zero-order valence-corrected chi connectivity index (χ0v) is 14.8. The first kappa shape index (κ1) is 17.1. The van der Waals surface area contributed by atoms with Crippen LogP contribution in [-0.4, -0.2) is 27.7 Å². The summed E-state index contributed by atoms with van der Waals surface area (Å²) in [5.74, 6) is 0. The predicted molar refractivity (Wildman–Crippen MR) is 90.3 cm³/mol. The van der Waals surface area contributed by atoms with E-state index >= 15 is 0 Å². The molecule has 0 amide bonds. The largest absolute Gasteiger partial charge is 0.243 e. The molecular formula is C16H18N2O4S2. The van der Waals surface area contributed by atoms with Gasteiger partial charge in [0.15, 0.2) is 0 Å². The first-order valence-electron chi connectivity index (χ1n) is 7.39. The molecule has 24 heavy (non-hydrogen) atoms. The molecule has 0 aliphatic carbocycles. The Balaban J connectivity index is 1.95. The maximum Gasteiger partial charge on any atom is 0.243 e. The van der Waals surface area contributed by atoms with Gasteiger partial charge < -0.3 is 0 Å². The number of rotatable bonds is 3. The summed E-state index contributed by atoms with van der Waals surface area (Å²) in [5.41, 5.74) is 2.59. The van der Waals surface area contributed by atoms with Crippen LogP contribution in [0.1, 0.15) is 16.7 Å². The third-order valence-electron chi connectivity index (χ3n) is 4.14. The number of sulfonamides is 2. The number of hydrogen-bond donors (Lipinski definition) is 1. The second-order valence-electron chi connectivity index (χ2n) is 5.88. The topological polar surface area (TPSA) is 97.5 Å². The Morgan fingerprint density at radius 2 is 1.54 bits per heavy atom. The average molecular weight is 366 g/mol. The van der Waals surface area contributed by atoms with Crippen molar-refractivity contribution in [2.24, 2.45) is 5.14 Å². The summed E-state index contributed by atoms with van der Waals surface area (Å²) in [6.07, 6.45) is 0.533. The van der Waals surface area contributed by atoms with Gasteiger partial charge in [0.25, 0.3) is 0 Å². The Morgan fingerprint density at radius 3 is 2.17 bits per heavy atom. The summed E-state index contributed by atoms with van der Waals surface area (Å²) in [6, 6.07) is 11.3. The Labute approximate surface area is 142 Å². The summed E-state index contributed by atoms with van der Waals surface area (Å²) in [5, 5.41) is 5.16. The fraction of sp³-hybridized carbons (Fsp3) is 0.250. The molecule has 0 unspecified atom stereocenters. The maximum absolute atomic E-state index is 12.8. The van der Waals surface area contributed by atoms with Crippen LogP contribution in [0, 0.1) is 6.92 Å². The predicted octanol–water partition coefficient (Wildman–Crippen LogP) is 1.39. The van der Waals surface area contributed by atoms with E-state index in [1.54, 1.807) is 30.3 Å². The number of nitrogens with two attached hydrogens (primary N) is 1. The molecule has 1 heterocycles. The highest BCUT2D eigenvalue weighted by atomic mass is 32.2. The summed E-state index contributed by atoms with van der Waals surface area (Å²) in [7, 11) is -7.43. The molecule has 3 rings (SSSR count). The van der Waals surface area contributed by atoms with Gasteiger partial charge in [-0.1, -0.05) is 23.8 Å². The average Bonchev–Trinajstić information content (AvgIpc) is 2.53.